The average Bonchev–Trinajstić information content (AvgIpc) is 2.76. The Bertz CT molecular complexity index is 958. The number of piperazine rings is 1. The van der Waals surface area contributed by atoms with Crippen molar-refractivity contribution in [2.45, 2.75) is 25.9 Å². The maximum Gasteiger partial charge on any atom is 0.433 e. The molecule has 0 atom stereocenters. The first-order chi connectivity index (χ1) is 15.5. The highest BCUT2D eigenvalue weighted by Crippen LogP contribution is 2.34. The summed E-state index contributed by atoms with van der Waals surface area (Å²) in [4.78, 5) is 23.8. The van der Waals surface area contributed by atoms with Crippen LogP contribution in [0.15, 0.2) is 33.3 Å². The molecular weight excluding hydrogens is 569 g/mol. The van der Waals surface area contributed by atoms with Gasteiger partial charge in [-0.1, -0.05) is 13.8 Å². The summed E-state index contributed by atoms with van der Waals surface area (Å²) in [6.07, 6.45) is -3.36. The van der Waals surface area contributed by atoms with Gasteiger partial charge in [-0.15, -0.1) is 0 Å². The number of urea groups is 1. The monoisotopic (exact) mass is 592 g/mol. The number of carbonyl (C=O) groups is 1. The Labute approximate surface area is 207 Å². The molecule has 33 heavy (non-hydrogen) atoms. The lowest BCUT2D eigenvalue weighted by Crippen LogP contribution is -2.49. The number of alkyl halides is 3. The summed E-state index contributed by atoms with van der Waals surface area (Å²) in [5, 5.41) is 5.69. The van der Waals surface area contributed by atoms with Gasteiger partial charge in [-0.25, -0.2) is 14.8 Å². The zero-order chi connectivity index (χ0) is 24.2. The third-order valence-electron chi connectivity index (χ3n) is 5.27. The van der Waals surface area contributed by atoms with E-state index in [1.54, 1.807) is 4.90 Å². The Kier molecular flexibility index (Phi) is 8.57. The molecule has 1 fully saturated rings. The van der Waals surface area contributed by atoms with Gasteiger partial charge in [0.1, 0.15) is 5.69 Å². The topological polar surface area (TPSA) is 73.4 Å². The van der Waals surface area contributed by atoms with E-state index in [0.29, 0.717) is 50.9 Å². The number of anilines is 2. The summed E-state index contributed by atoms with van der Waals surface area (Å²) in [7, 11) is 0. The minimum Gasteiger partial charge on any atom is -0.338 e. The van der Waals surface area contributed by atoms with Crippen LogP contribution in [0.4, 0.5) is 29.6 Å². The number of amides is 2. The van der Waals surface area contributed by atoms with E-state index in [-0.39, 0.29) is 12.0 Å². The number of benzene rings is 1. The quantitative estimate of drug-likeness (QED) is 0.488. The van der Waals surface area contributed by atoms with E-state index in [1.165, 1.54) is 0 Å². The van der Waals surface area contributed by atoms with Gasteiger partial charge in [-0.05, 0) is 61.5 Å². The molecule has 12 heteroatoms. The lowest BCUT2D eigenvalue weighted by molar-refractivity contribution is -0.141. The van der Waals surface area contributed by atoms with Crippen LogP contribution in [-0.4, -0.2) is 60.2 Å². The first kappa shape index (κ1) is 25.7. The van der Waals surface area contributed by atoms with Gasteiger partial charge in [0.15, 0.2) is 0 Å². The van der Waals surface area contributed by atoms with Crippen LogP contribution in [0.5, 0.6) is 0 Å². The fourth-order valence-corrected chi connectivity index (χ4v) is 4.78. The summed E-state index contributed by atoms with van der Waals surface area (Å²) in [5.74, 6) is 0.447. The van der Waals surface area contributed by atoms with Gasteiger partial charge in [0.2, 0.25) is 5.95 Å². The fraction of sp³-hybridized carbons (Fsp3) is 0.476. The van der Waals surface area contributed by atoms with Gasteiger partial charge in [-0.3, -0.25) is 4.90 Å². The molecule has 1 aliphatic rings. The molecule has 0 aliphatic carbocycles. The number of hydrogen-bond donors (Lipinski definition) is 2. The number of nitrogens with zero attached hydrogens (tertiary/aromatic N) is 4. The summed E-state index contributed by atoms with van der Waals surface area (Å²) in [6, 6.07) is 4.52. The van der Waals surface area contributed by atoms with Crippen molar-refractivity contribution in [3.8, 4) is 0 Å². The Balaban J connectivity index is 1.44. The Hall–Kier alpha value is -1.92. The maximum atomic E-state index is 12.9. The van der Waals surface area contributed by atoms with Crippen LogP contribution in [0.1, 0.15) is 31.0 Å². The van der Waals surface area contributed by atoms with Crippen molar-refractivity contribution in [2.75, 3.05) is 49.5 Å². The summed E-state index contributed by atoms with van der Waals surface area (Å²) in [5.41, 5.74) is 0.864. The van der Waals surface area contributed by atoms with Crippen molar-refractivity contribution < 1.29 is 18.0 Å². The van der Waals surface area contributed by atoms with Crippen LogP contribution >= 0.6 is 31.9 Å². The molecule has 3 rings (SSSR count). The van der Waals surface area contributed by atoms with Crippen LogP contribution in [0.3, 0.4) is 0 Å². The molecule has 0 unspecified atom stereocenters. The van der Waals surface area contributed by atoms with Crippen molar-refractivity contribution in [3.63, 3.8) is 0 Å². The molecule has 1 aromatic carbocycles. The molecule has 1 saturated heterocycles. The van der Waals surface area contributed by atoms with Crippen molar-refractivity contribution in [2.24, 2.45) is 0 Å². The van der Waals surface area contributed by atoms with Crippen molar-refractivity contribution in [3.05, 3.63) is 44.6 Å². The van der Waals surface area contributed by atoms with Gasteiger partial charge in [0, 0.05) is 54.4 Å². The van der Waals surface area contributed by atoms with Crippen LogP contribution in [0.2, 0.25) is 0 Å². The van der Waals surface area contributed by atoms with Gasteiger partial charge < -0.3 is 15.5 Å². The van der Waals surface area contributed by atoms with Crippen LogP contribution < -0.4 is 15.5 Å². The molecule has 2 amide bonds. The minimum atomic E-state index is -4.49. The van der Waals surface area contributed by atoms with Crippen molar-refractivity contribution in [1.82, 2.24) is 20.2 Å². The average molecular weight is 594 g/mol. The first-order valence-corrected chi connectivity index (χ1v) is 12.0. The lowest BCUT2D eigenvalue weighted by Gasteiger charge is -2.34. The second kappa shape index (κ2) is 11.0. The molecular formula is C21H25Br2F3N6O. The van der Waals surface area contributed by atoms with E-state index >= 15 is 0 Å². The van der Waals surface area contributed by atoms with Gasteiger partial charge >= 0.3 is 12.2 Å². The van der Waals surface area contributed by atoms with Crippen molar-refractivity contribution in [1.29, 1.82) is 0 Å². The van der Waals surface area contributed by atoms with E-state index in [1.807, 2.05) is 12.1 Å². The number of halogens is 5. The standard InChI is InChI=1S/C21H25Br2F3N6O/c1-13(2)14-11-15(22)18(16(23)12-14)30-20(33)28-5-6-31-7-9-32(10-8-31)19-27-4-3-17(29-19)21(24,25)26/h3-4,11-13H,5-10H2,1-2H3,(H2,28,30,33). The lowest BCUT2D eigenvalue weighted by atomic mass is 10.0. The molecule has 2 aromatic rings. The second-order valence-corrected chi connectivity index (χ2v) is 9.67. The summed E-state index contributed by atoms with van der Waals surface area (Å²) in [6.45, 7) is 7.55. The Morgan fingerprint density at radius 3 is 2.36 bits per heavy atom. The second-order valence-electron chi connectivity index (χ2n) is 7.96. The number of nitrogens with one attached hydrogen (secondary N) is 2. The molecule has 2 heterocycles. The third-order valence-corrected chi connectivity index (χ3v) is 6.52. The van der Waals surface area contributed by atoms with Gasteiger partial charge in [-0.2, -0.15) is 13.2 Å². The van der Waals surface area contributed by atoms with E-state index in [0.717, 1.165) is 26.8 Å². The summed E-state index contributed by atoms with van der Waals surface area (Å²) >= 11 is 7.02. The molecule has 1 aromatic heterocycles. The smallest absolute Gasteiger partial charge is 0.338 e. The SMILES string of the molecule is CC(C)c1cc(Br)c(NC(=O)NCCN2CCN(c3nccc(C(F)(F)F)n3)CC2)c(Br)c1. The highest BCUT2D eigenvalue weighted by atomic mass is 79.9. The third kappa shape index (κ3) is 7.03. The fourth-order valence-electron chi connectivity index (χ4n) is 3.36. The number of carbonyl (C=O) groups excluding carboxylic acids is 1. The molecule has 0 saturated carbocycles. The highest BCUT2D eigenvalue weighted by Gasteiger charge is 2.33. The van der Waals surface area contributed by atoms with Crippen LogP contribution in [-0.2, 0) is 6.18 Å². The predicted octanol–water partition coefficient (Wildman–Crippen LogP) is 5.09. The van der Waals surface area contributed by atoms with Gasteiger partial charge in [0.25, 0.3) is 0 Å². The highest BCUT2D eigenvalue weighted by molar-refractivity contribution is 9.11. The van der Waals surface area contributed by atoms with E-state index in [4.69, 9.17) is 0 Å². The zero-order valence-electron chi connectivity index (χ0n) is 18.2. The largest absolute Gasteiger partial charge is 0.433 e. The Morgan fingerprint density at radius 1 is 1.15 bits per heavy atom. The molecule has 180 valence electrons. The number of aromatic nitrogens is 2. The minimum absolute atomic E-state index is 0.0848. The normalized spacial score (nSPS) is 15.1. The molecule has 0 spiro atoms. The van der Waals surface area contributed by atoms with Crippen LogP contribution in [0, 0.1) is 0 Å². The van der Waals surface area contributed by atoms with E-state index < -0.39 is 11.9 Å². The van der Waals surface area contributed by atoms with Gasteiger partial charge in [0.05, 0.1) is 5.69 Å². The molecule has 0 bridgehead atoms. The summed E-state index contributed by atoms with van der Waals surface area (Å²) < 4.78 is 40.2. The molecule has 0 radical (unpaired) electrons. The van der Waals surface area contributed by atoms with E-state index in [9.17, 15) is 18.0 Å². The Morgan fingerprint density at radius 2 is 1.79 bits per heavy atom. The molecule has 7 nitrogen and oxygen atoms in total. The predicted molar refractivity (Wildman–Crippen MR) is 129 cm³/mol. The van der Waals surface area contributed by atoms with Crippen LogP contribution in [0.25, 0.3) is 0 Å². The van der Waals surface area contributed by atoms with E-state index in [2.05, 4.69) is 71.2 Å². The first-order valence-electron chi connectivity index (χ1n) is 10.5. The molecule has 2 N–H and O–H groups in total. The van der Waals surface area contributed by atoms with Crippen molar-refractivity contribution >= 4 is 49.5 Å². The number of hydrogen-bond acceptors (Lipinski definition) is 5. The maximum absolute atomic E-state index is 12.9. The zero-order valence-corrected chi connectivity index (χ0v) is 21.4. The number of rotatable bonds is 6. The molecule has 1 aliphatic heterocycles.